The topological polar surface area (TPSA) is 3.24 Å². The molecule has 1 aliphatic carbocycles. The van der Waals surface area contributed by atoms with Gasteiger partial charge in [0, 0.05) is 22.4 Å². The molecule has 0 atom stereocenters. The molecule has 0 bridgehead atoms. The zero-order valence-electron chi connectivity index (χ0n) is 32.7. The van der Waals surface area contributed by atoms with E-state index in [0.717, 1.165) is 17.1 Å². The van der Waals surface area contributed by atoms with E-state index in [1.54, 1.807) is 0 Å². The number of rotatable bonds is 6. The van der Waals surface area contributed by atoms with Gasteiger partial charge in [-0.2, -0.15) is 0 Å². The van der Waals surface area contributed by atoms with Crippen molar-refractivity contribution in [2.24, 2.45) is 0 Å². The van der Waals surface area contributed by atoms with Gasteiger partial charge in [-0.3, -0.25) is 0 Å². The molecule has 0 saturated carbocycles. The van der Waals surface area contributed by atoms with Gasteiger partial charge in [-0.15, -0.1) is 0 Å². The van der Waals surface area contributed by atoms with Gasteiger partial charge < -0.3 is 4.90 Å². The molecule has 0 amide bonds. The summed E-state index contributed by atoms with van der Waals surface area (Å²) < 4.78 is 0. The lowest BCUT2D eigenvalue weighted by molar-refractivity contribution is 0.660. The van der Waals surface area contributed by atoms with Crippen LogP contribution in [0.1, 0.15) is 25.0 Å². The average Bonchev–Trinajstić information content (AvgIpc) is 3.51. The minimum absolute atomic E-state index is 0.144. The van der Waals surface area contributed by atoms with Crippen molar-refractivity contribution in [1.29, 1.82) is 0 Å². The maximum absolute atomic E-state index is 2.50. The summed E-state index contributed by atoms with van der Waals surface area (Å²) >= 11 is 0. The monoisotopic (exact) mass is 739 g/mol. The van der Waals surface area contributed by atoms with Gasteiger partial charge in [0.05, 0.1) is 5.69 Å². The molecule has 11 rings (SSSR count). The molecular formula is C57H41N. The Hall–Kier alpha value is -7.22. The van der Waals surface area contributed by atoms with Gasteiger partial charge in [0.1, 0.15) is 0 Å². The normalized spacial score (nSPS) is 12.8. The number of fused-ring (bicyclic) bond motifs is 7. The summed E-state index contributed by atoms with van der Waals surface area (Å²) in [4.78, 5) is 2.50. The second-order valence-corrected chi connectivity index (χ2v) is 16.1. The summed E-state index contributed by atoms with van der Waals surface area (Å²) in [5.74, 6) is 0. The van der Waals surface area contributed by atoms with Crippen LogP contribution in [0.4, 0.5) is 17.1 Å². The highest BCUT2D eigenvalue weighted by Gasteiger charge is 2.36. The van der Waals surface area contributed by atoms with Crippen molar-refractivity contribution < 1.29 is 0 Å². The first-order valence-corrected chi connectivity index (χ1v) is 20.3. The van der Waals surface area contributed by atoms with E-state index in [0.29, 0.717) is 0 Å². The summed E-state index contributed by atoms with van der Waals surface area (Å²) in [6.07, 6.45) is 0. The first-order valence-electron chi connectivity index (χ1n) is 20.3. The highest BCUT2D eigenvalue weighted by molar-refractivity contribution is 6.16. The standard InChI is InChI=1S/C57H41N/c1-57(2)53-25-13-12-23-50(53)51-34-33-45(37-54(51)57)58(44-31-29-40(30-32-44)38-15-4-3-5-16-38)55-26-14-24-47(43-28-27-39-17-6-7-18-41(39)35-43)56(55)52-36-42-19-8-9-20-46(42)48-21-10-11-22-49(48)52/h3-37H,1-2H3. The van der Waals surface area contributed by atoms with E-state index < -0.39 is 0 Å². The van der Waals surface area contributed by atoms with Crippen LogP contribution in [0.5, 0.6) is 0 Å². The molecule has 0 aromatic heterocycles. The minimum Gasteiger partial charge on any atom is -0.310 e. The van der Waals surface area contributed by atoms with Crippen molar-refractivity contribution in [2.75, 3.05) is 4.90 Å². The molecule has 0 unspecified atom stereocenters. The lowest BCUT2D eigenvalue weighted by Crippen LogP contribution is -2.17. The summed E-state index contributed by atoms with van der Waals surface area (Å²) in [6, 6.07) is 78.4. The Bertz CT molecular complexity index is 3190. The minimum atomic E-state index is -0.144. The van der Waals surface area contributed by atoms with Gasteiger partial charge >= 0.3 is 0 Å². The zero-order valence-corrected chi connectivity index (χ0v) is 32.7. The SMILES string of the molecule is CC1(C)c2ccccc2-c2ccc(N(c3ccc(-c4ccccc4)cc3)c3cccc(-c4ccc5ccccc5c4)c3-c3cc4ccccc4c4ccccc34)cc21. The largest absolute Gasteiger partial charge is 0.310 e. The van der Waals surface area contributed by atoms with Gasteiger partial charge in [0.15, 0.2) is 0 Å². The molecule has 10 aromatic carbocycles. The second-order valence-electron chi connectivity index (χ2n) is 16.1. The third-order valence-corrected chi connectivity index (χ3v) is 12.4. The molecule has 274 valence electrons. The van der Waals surface area contributed by atoms with Crippen LogP contribution in [0, 0.1) is 0 Å². The second kappa shape index (κ2) is 13.5. The Balaban J connectivity index is 1.22. The maximum atomic E-state index is 2.50. The van der Waals surface area contributed by atoms with Crippen LogP contribution in [-0.2, 0) is 5.41 Å². The molecule has 0 spiro atoms. The Morgan fingerprint density at radius 3 is 1.76 bits per heavy atom. The van der Waals surface area contributed by atoms with E-state index in [2.05, 4.69) is 231 Å². The van der Waals surface area contributed by atoms with Crippen LogP contribution in [-0.4, -0.2) is 0 Å². The number of anilines is 3. The molecule has 0 heterocycles. The zero-order chi connectivity index (χ0) is 38.8. The van der Waals surface area contributed by atoms with E-state index in [-0.39, 0.29) is 5.41 Å². The molecule has 0 radical (unpaired) electrons. The first kappa shape index (κ1) is 34.1. The van der Waals surface area contributed by atoms with Crippen molar-refractivity contribution in [1.82, 2.24) is 0 Å². The van der Waals surface area contributed by atoms with E-state index >= 15 is 0 Å². The van der Waals surface area contributed by atoms with Crippen LogP contribution in [0.2, 0.25) is 0 Å². The molecule has 1 heteroatoms. The van der Waals surface area contributed by atoms with Crippen molar-refractivity contribution in [3.63, 3.8) is 0 Å². The maximum Gasteiger partial charge on any atom is 0.0546 e. The van der Waals surface area contributed by atoms with E-state index in [9.17, 15) is 0 Å². The highest BCUT2D eigenvalue weighted by Crippen LogP contribution is 2.53. The van der Waals surface area contributed by atoms with E-state index in [1.165, 1.54) is 88.0 Å². The van der Waals surface area contributed by atoms with Crippen molar-refractivity contribution in [3.8, 4) is 44.5 Å². The predicted molar refractivity (Wildman–Crippen MR) is 248 cm³/mol. The van der Waals surface area contributed by atoms with Crippen LogP contribution in [0.25, 0.3) is 76.8 Å². The fourth-order valence-corrected chi connectivity index (χ4v) is 9.56. The fraction of sp³-hybridized carbons (Fsp3) is 0.0526. The summed E-state index contributed by atoms with van der Waals surface area (Å²) in [5.41, 5.74) is 15.8. The van der Waals surface area contributed by atoms with E-state index in [4.69, 9.17) is 0 Å². The molecule has 0 fully saturated rings. The molecule has 0 N–H and O–H groups in total. The molecule has 1 nitrogen and oxygen atoms in total. The lowest BCUT2D eigenvalue weighted by atomic mass is 9.82. The highest BCUT2D eigenvalue weighted by atomic mass is 15.1. The Kier molecular flexibility index (Phi) is 7.91. The fourth-order valence-electron chi connectivity index (χ4n) is 9.56. The number of hydrogen-bond donors (Lipinski definition) is 0. The molecule has 58 heavy (non-hydrogen) atoms. The quantitative estimate of drug-likeness (QED) is 0.154. The Morgan fingerprint density at radius 1 is 0.328 bits per heavy atom. The molecule has 1 aliphatic rings. The van der Waals surface area contributed by atoms with E-state index in [1.807, 2.05) is 0 Å². The van der Waals surface area contributed by atoms with Gasteiger partial charge in [-0.1, -0.05) is 184 Å². The third kappa shape index (κ3) is 5.46. The van der Waals surface area contributed by atoms with Crippen LogP contribution < -0.4 is 4.90 Å². The van der Waals surface area contributed by atoms with Crippen LogP contribution >= 0.6 is 0 Å². The predicted octanol–water partition coefficient (Wildman–Crippen LogP) is 15.9. The van der Waals surface area contributed by atoms with Gasteiger partial charge in [0.25, 0.3) is 0 Å². The number of hydrogen-bond acceptors (Lipinski definition) is 1. The lowest BCUT2D eigenvalue weighted by Gasteiger charge is -2.31. The molecule has 10 aromatic rings. The van der Waals surface area contributed by atoms with Gasteiger partial charge in [-0.05, 0) is 125 Å². The third-order valence-electron chi connectivity index (χ3n) is 12.4. The van der Waals surface area contributed by atoms with Gasteiger partial charge in [0.2, 0.25) is 0 Å². The number of benzene rings is 10. The van der Waals surface area contributed by atoms with Crippen LogP contribution in [0.15, 0.2) is 212 Å². The molecule has 0 aliphatic heterocycles. The number of nitrogens with zero attached hydrogens (tertiary/aromatic N) is 1. The smallest absolute Gasteiger partial charge is 0.0546 e. The summed E-state index contributed by atoms with van der Waals surface area (Å²) in [6.45, 7) is 4.74. The first-order chi connectivity index (χ1) is 28.5. The van der Waals surface area contributed by atoms with Crippen molar-refractivity contribution in [3.05, 3.63) is 223 Å². The Labute approximate surface area is 340 Å². The average molecular weight is 740 g/mol. The van der Waals surface area contributed by atoms with Crippen molar-refractivity contribution >= 4 is 49.4 Å². The van der Waals surface area contributed by atoms with Gasteiger partial charge in [-0.25, -0.2) is 0 Å². The molecule has 0 saturated heterocycles. The van der Waals surface area contributed by atoms with Crippen molar-refractivity contribution in [2.45, 2.75) is 19.3 Å². The van der Waals surface area contributed by atoms with Crippen LogP contribution in [0.3, 0.4) is 0 Å². The Morgan fingerprint density at radius 2 is 0.931 bits per heavy atom. The molecular weight excluding hydrogens is 699 g/mol. The summed E-state index contributed by atoms with van der Waals surface area (Å²) in [5, 5.41) is 7.45. The summed E-state index contributed by atoms with van der Waals surface area (Å²) in [7, 11) is 0.